The number of hydrogen-bond acceptors (Lipinski definition) is 5. The average Bonchev–Trinajstić information content (AvgIpc) is 3.05. The smallest absolute Gasteiger partial charge is 0.255 e. The van der Waals surface area contributed by atoms with Crippen molar-refractivity contribution in [2.45, 2.75) is 57.3 Å². The van der Waals surface area contributed by atoms with E-state index in [-0.39, 0.29) is 24.1 Å². The van der Waals surface area contributed by atoms with E-state index < -0.39 is 6.04 Å². The summed E-state index contributed by atoms with van der Waals surface area (Å²) < 4.78 is 0. The molecule has 6 rings (SSSR count). The zero-order valence-electron chi connectivity index (χ0n) is 16.6. The molecule has 1 aromatic rings. The minimum absolute atomic E-state index is 0.0809. The van der Waals surface area contributed by atoms with Crippen LogP contribution in [0.2, 0.25) is 0 Å². The van der Waals surface area contributed by atoms with E-state index in [0.29, 0.717) is 30.8 Å². The molecule has 4 unspecified atom stereocenters. The van der Waals surface area contributed by atoms with Gasteiger partial charge in [0.15, 0.2) is 0 Å². The lowest BCUT2D eigenvalue weighted by atomic mass is 9.72. The van der Waals surface area contributed by atoms with E-state index in [1.54, 1.807) is 4.90 Å². The van der Waals surface area contributed by atoms with Gasteiger partial charge in [-0.1, -0.05) is 18.2 Å². The highest BCUT2D eigenvalue weighted by Gasteiger charge is 2.42. The molecule has 7 heteroatoms. The fraction of sp³-hybridized carbons (Fsp3) is 0.591. The summed E-state index contributed by atoms with van der Waals surface area (Å²) in [7, 11) is 0. The van der Waals surface area contributed by atoms with Crippen LogP contribution in [0.4, 0.5) is 0 Å². The Morgan fingerprint density at radius 1 is 1.14 bits per heavy atom. The van der Waals surface area contributed by atoms with Crippen molar-refractivity contribution in [2.24, 2.45) is 17.6 Å². The number of nitrogens with two attached hydrogens (primary N) is 1. The van der Waals surface area contributed by atoms with Crippen molar-refractivity contribution in [2.75, 3.05) is 13.1 Å². The SMILES string of the molecule is NCC1CC2CCC1N(Cc1cccc3c1C(=O)N(C1CCC(=O)NC1=O)C3)C2. The third-order valence-electron chi connectivity index (χ3n) is 7.33. The summed E-state index contributed by atoms with van der Waals surface area (Å²) in [4.78, 5) is 41.2. The summed E-state index contributed by atoms with van der Waals surface area (Å²) in [5.41, 5.74) is 8.81. The third-order valence-corrected chi connectivity index (χ3v) is 7.33. The van der Waals surface area contributed by atoms with Gasteiger partial charge in [-0.25, -0.2) is 0 Å². The molecule has 5 aliphatic rings. The van der Waals surface area contributed by atoms with Crippen molar-refractivity contribution < 1.29 is 14.4 Å². The molecular weight excluding hydrogens is 368 g/mol. The van der Waals surface area contributed by atoms with Crippen LogP contribution in [0.3, 0.4) is 0 Å². The number of imide groups is 1. The van der Waals surface area contributed by atoms with Gasteiger partial charge < -0.3 is 10.6 Å². The second kappa shape index (κ2) is 7.22. The molecule has 1 saturated carbocycles. The van der Waals surface area contributed by atoms with Crippen molar-refractivity contribution >= 4 is 17.7 Å². The van der Waals surface area contributed by atoms with Crippen molar-refractivity contribution in [3.05, 3.63) is 34.9 Å². The van der Waals surface area contributed by atoms with Gasteiger partial charge in [0.2, 0.25) is 11.8 Å². The number of carbonyl (C=O) groups excluding carboxylic acids is 3. The molecule has 0 radical (unpaired) electrons. The maximum Gasteiger partial charge on any atom is 0.255 e. The van der Waals surface area contributed by atoms with Gasteiger partial charge in [-0.2, -0.15) is 0 Å². The quantitative estimate of drug-likeness (QED) is 0.741. The topological polar surface area (TPSA) is 95.7 Å². The Morgan fingerprint density at radius 3 is 2.76 bits per heavy atom. The molecule has 4 heterocycles. The molecule has 3 saturated heterocycles. The number of carbonyl (C=O) groups is 3. The largest absolute Gasteiger partial charge is 0.330 e. The van der Waals surface area contributed by atoms with Gasteiger partial charge in [-0.3, -0.25) is 24.6 Å². The monoisotopic (exact) mass is 396 g/mol. The third kappa shape index (κ3) is 3.16. The highest BCUT2D eigenvalue weighted by atomic mass is 16.2. The molecular formula is C22H28N4O3. The molecule has 2 bridgehead atoms. The fourth-order valence-corrected chi connectivity index (χ4v) is 5.93. The predicted molar refractivity (Wildman–Crippen MR) is 107 cm³/mol. The van der Waals surface area contributed by atoms with Crippen molar-refractivity contribution in [3.63, 3.8) is 0 Å². The summed E-state index contributed by atoms with van der Waals surface area (Å²) in [6.07, 6.45) is 4.38. The molecule has 0 spiro atoms. The van der Waals surface area contributed by atoms with E-state index in [1.165, 1.54) is 19.3 Å². The number of amides is 3. The number of nitrogens with zero attached hydrogens (tertiary/aromatic N) is 2. The number of piperidine rings is 3. The number of nitrogens with one attached hydrogen (secondary N) is 1. The molecule has 3 amide bonds. The van der Waals surface area contributed by atoms with Crippen molar-refractivity contribution in [1.29, 1.82) is 0 Å². The second-order valence-corrected chi connectivity index (χ2v) is 9.02. The summed E-state index contributed by atoms with van der Waals surface area (Å²) in [5, 5.41) is 2.37. The molecule has 0 aromatic heterocycles. The number of hydrogen-bond donors (Lipinski definition) is 2. The van der Waals surface area contributed by atoms with E-state index in [1.807, 2.05) is 18.2 Å². The van der Waals surface area contributed by atoms with E-state index in [4.69, 9.17) is 5.73 Å². The fourth-order valence-electron chi connectivity index (χ4n) is 5.93. The Morgan fingerprint density at radius 2 is 2.00 bits per heavy atom. The predicted octanol–water partition coefficient (Wildman–Crippen LogP) is 1.01. The van der Waals surface area contributed by atoms with Crippen LogP contribution in [0.5, 0.6) is 0 Å². The standard InChI is InChI=1S/C22H28N4O3/c23-9-16-8-13-4-5-17(16)25(10-13)11-14-2-1-3-15-12-26(22(29)20(14)15)18-6-7-19(27)24-21(18)28/h1-3,13,16-18H,4-12,23H2,(H,24,27,28). The lowest BCUT2D eigenvalue weighted by Crippen LogP contribution is -2.54. The van der Waals surface area contributed by atoms with Crippen LogP contribution in [0.25, 0.3) is 0 Å². The molecule has 29 heavy (non-hydrogen) atoms. The van der Waals surface area contributed by atoms with E-state index in [0.717, 1.165) is 36.3 Å². The van der Waals surface area contributed by atoms with Gasteiger partial charge in [0, 0.05) is 37.7 Å². The highest BCUT2D eigenvalue weighted by Crippen LogP contribution is 2.40. The Bertz CT molecular complexity index is 870. The number of rotatable bonds is 4. The molecule has 7 nitrogen and oxygen atoms in total. The minimum Gasteiger partial charge on any atom is -0.330 e. The minimum atomic E-state index is -0.562. The first-order valence-corrected chi connectivity index (χ1v) is 10.7. The second-order valence-electron chi connectivity index (χ2n) is 9.02. The number of fused-ring (bicyclic) bond motifs is 4. The average molecular weight is 396 g/mol. The molecule has 4 aliphatic heterocycles. The molecule has 154 valence electrons. The Hall–Kier alpha value is -2.25. The first-order chi connectivity index (χ1) is 14.0. The van der Waals surface area contributed by atoms with Crippen LogP contribution >= 0.6 is 0 Å². The zero-order chi connectivity index (χ0) is 20.1. The molecule has 1 aromatic carbocycles. The number of benzene rings is 1. The summed E-state index contributed by atoms with van der Waals surface area (Å²) in [6, 6.07) is 5.98. The van der Waals surface area contributed by atoms with Crippen molar-refractivity contribution in [1.82, 2.24) is 15.1 Å². The Labute approximate surface area is 170 Å². The van der Waals surface area contributed by atoms with Crippen LogP contribution in [-0.4, -0.2) is 52.7 Å². The first kappa shape index (κ1) is 18.8. The molecule has 4 atom stereocenters. The maximum atomic E-state index is 13.3. The maximum absolute atomic E-state index is 13.3. The van der Waals surface area contributed by atoms with Crippen LogP contribution in [-0.2, 0) is 22.7 Å². The first-order valence-electron chi connectivity index (χ1n) is 10.7. The summed E-state index contributed by atoms with van der Waals surface area (Å²) in [5.74, 6) is 0.562. The van der Waals surface area contributed by atoms with E-state index in [2.05, 4.69) is 10.2 Å². The lowest BCUT2D eigenvalue weighted by molar-refractivity contribution is -0.136. The van der Waals surface area contributed by atoms with Gasteiger partial charge in [0.1, 0.15) is 6.04 Å². The summed E-state index contributed by atoms with van der Waals surface area (Å²) in [6.45, 7) is 3.00. The van der Waals surface area contributed by atoms with Crippen LogP contribution in [0.15, 0.2) is 18.2 Å². The van der Waals surface area contributed by atoms with Crippen LogP contribution in [0, 0.1) is 11.8 Å². The van der Waals surface area contributed by atoms with Crippen molar-refractivity contribution in [3.8, 4) is 0 Å². The van der Waals surface area contributed by atoms with Crippen LogP contribution in [0.1, 0.15) is 53.6 Å². The lowest BCUT2D eigenvalue weighted by Gasteiger charge is -2.50. The zero-order valence-corrected chi connectivity index (χ0v) is 16.6. The van der Waals surface area contributed by atoms with Gasteiger partial charge in [-0.15, -0.1) is 0 Å². The van der Waals surface area contributed by atoms with Crippen LogP contribution < -0.4 is 11.1 Å². The molecule has 3 N–H and O–H groups in total. The summed E-state index contributed by atoms with van der Waals surface area (Å²) >= 11 is 0. The molecule has 1 aliphatic carbocycles. The Balaban J connectivity index is 1.38. The van der Waals surface area contributed by atoms with Gasteiger partial charge in [0.25, 0.3) is 5.91 Å². The molecule has 4 fully saturated rings. The van der Waals surface area contributed by atoms with E-state index >= 15 is 0 Å². The van der Waals surface area contributed by atoms with Gasteiger partial charge in [-0.05, 0) is 55.2 Å². The van der Waals surface area contributed by atoms with E-state index in [9.17, 15) is 14.4 Å². The highest BCUT2D eigenvalue weighted by molar-refractivity contribution is 6.05. The van der Waals surface area contributed by atoms with Gasteiger partial charge >= 0.3 is 0 Å². The van der Waals surface area contributed by atoms with Gasteiger partial charge in [0.05, 0.1) is 0 Å². The normalized spacial score (nSPS) is 31.9. The Kier molecular flexibility index (Phi) is 4.67.